The summed E-state index contributed by atoms with van der Waals surface area (Å²) in [7, 11) is 0. The number of rotatable bonds is 4. The van der Waals surface area contributed by atoms with Crippen molar-refractivity contribution < 1.29 is 9.59 Å². The molecule has 0 aromatic heterocycles. The van der Waals surface area contributed by atoms with Crippen LogP contribution in [0.2, 0.25) is 0 Å². The molecule has 2 rings (SSSR count). The van der Waals surface area contributed by atoms with Crippen molar-refractivity contribution in [2.45, 2.75) is 6.04 Å². The molecule has 0 bridgehead atoms. The Hall–Kier alpha value is -2.01. The Labute approximate surface area is 110 Å². The molecule has 0 saturated carbocycles. The summed E-state index contributed by atoms with van der Waals surface area (Å²) in [5, 5.41) is 3.02. The number of hydrogen-bond acceptors (Lipinski definition) is 3. The highest BCUT2D eigenvalue weighted by Gasteiger charge is 2.39. The van der Waals surface area contributed by atoms with Gasteiger partial charge in [-0.2, -0.15) is 0 Å². The molecule has 1 aliphatic heterocycles. The maximum Gasteiger partial charge on any atom is 0.259 e. The first-order valence-corrected chi connectivity index (χ1v) is 5.88. The number of amides is 1. The fraction of sp³-hybridized carbons (Fsp3) is 0.154. The van der Waals surface area contributed by atoms with E-state index in [2.05, 4.69) is 11.9 Å². The summed E-state index contributed by atoms with van der Waals surface area (Å²) >= 11 is 5.02. The third-order valence-electron chi connectivity index (χ3n) is 2.66. The highest BCUT2D eigenvalue weighted by atomic mass is 32.1. The zero-order chi connectivity index (χ0) is 13.1. The average Bonchev–Trinajstić information content (AvgIpc) is 2.67. The summed E-state index contributed by atoms with van der Waals surface area (Å²) in [5.74, 6) is -0.594. The fourth-order valence-corrected chi connectivity index (χ4v) is 2.05. The first kappa shape index (κ1) is 12.4. The van der Waals surface area contributed by atoms with Gasteiger partial charge in [0.05, 0.1) is 0 Å². The fourth-order valence-electron chi connectivity index (χ4n) is 1.77. The second kappa shape index (κ2) is 5.10. The van der Waals surface area contributed by atoms with Gasteiger partial charge in [-0.15, -0.1) is 6.58 Å². The molecule has 18 heavy (non-hydrogen) atoms. The number of thiocarbonyl (C=S) groups is 1. The topological polar surface area (TPSA) is 49.4 Å². The summed E-state index contributed by atoms with van der Waals surface area (Å²) in [5.41, 5.74) is 0.492. The van der Waals surface area contributed by atoms with E-state index in [9.17, 15) is 9.59 Å². The maximum absolute atomic E-state index is 12.2. The molecule has 1 unspecified atom stereocenters. The molecule has 1 heterocycles. The van der Waals surface area contributed by atoms with Gasteiger partial charge in [0, 0.05) is 12.1 Å². The minimum atomic E-state index is -0.917. The summed E-state index contributed by atoms with van der Waals surface area (Å²) < 4.78 is 0. The molecule has 1 aromatic carbocycles. The van der Waals surface area contributed by atoms with Crippen LogP contribution < -0.4 is 5.32 Å². The van der Waals surface area contributed by atoms with Crippen LogP contribution in [0.5, 0.6) is 0 Å². The molecule has 92 valence electrons. The monoisotopic (exact) mass is 260 g/mol. The number of carbonyl (C=O) groups excluding carboxylic acids is 2. The molecule has 1 fully saturated rings. The summed E-state index contributed by atoms with van der Waals surface area (Å²) in [6.07, 6.45) is 1.57. The van der Waals surface area contributed by atoms with Gasteiger partial charge in [-0.25, -0.2) is 0 Å². The van der Waals surface area contributed by atoms with E-state index in [1.807, 2.05) is 6.07 Å². The van der Waals surface area contributed by atoms with Gasteiger partial charge in [0.2, 0.25) is 0 Å². The predicted molar refractivity (Wildman–Crippen MR) is 72.2 cm³/mol. The van der Waals surface area contributed by atoms with Crippen molar-refractivity contribution in [1.82, 2.24) is 10.2 Å². The molecular formula is C13H12N2O2S. The number of benzene rings is 1. The Morgan fingerprint density at radius 3 is 2.72 bits per heavy atom. The second-order valence-electron chi connectivity index (χ2n) is 3.85. The number of ketones is 1. The van der Waals surface area contributed by atoms with E-state index in [0.717, 1.165) is 0 Å². The number of hydrogen-bond donors (Lipinski definition) is 1. The quantitative estimate of drug-likeness (QED) is 0.382. The van der Waals surface area contributed by atoms with Gasteiger partial charge in [0.25, 0.3) is 5.91 Å². The van der Waals surface area contributed by atoms with Crippen LogP contribution in [0.15, 0.2) is 43.0 Å². The van der Waals surface area contributed by atoms with Gasteiger partial charge in [0.1, 0.15) is 0 Å². The van der Waals surface area contributed by atoms with Crippen LogP contribution in [0.1, 0.15) is 10.4 Å². The van der Waals surface area contributed by atoms with Crippen LogP contribution in [-0.4, -0.2) is 34.3 Å². The zero-order valence-corrected chi connectivity index (χ0v) is 10.4. The van der Waals surface area contributed by atoms with Crippen molar-refractivity contribution in [3.8, 4) is 0 Å². The van der Waals surface area contributed by atoms with Gasteiger partial charge < -0.3 is 5.32 Å². The average molecular weight is 260 g/mol. The minimum absolute atomic E-state index is 0.269. The molecule has 1 aliphatic rings. The van der Waals surface area contributed by atoms with Crippen molar-refractivity contribution in [3.63, 3.8) is 0 Å². The summed E-state index contributed by atoms with van der Waals surface area (Å²) in [6, 6.07) is 7.77. The van der Waals surface area contributed by atoms with E-state index in [0.29, 0.717) is 12.1 Å². The lowest BCUT2D eigenvalue weighted by atomic mass is 10.0. The Morgan fingerprint density at radius 1 is 1.44 bits per heavy atom. The zero-order valence-electron chi connectivity index (χ0n) is 9.63. The summed E-state index contributed by atoms with van der Waals surface area (Å²) in [4.78, 5) is 25.5. The molecule has 1 N–H and O–H groups in total. The number of nitrogens with zero attached hydrogens (tertiary/aromatic N) is 1. The molecule has 1 saturated heterocycles. The smallest absolute Gasteiger partial charge is 0.259 e. The van der Waals surface area contributed by atoms with E-state index in [4.69, 9.17) is 12.2 Å². The van der Waals surface area contributed by atoms with Crippen LogP contribution >= 0.6 is 12.2 Å². The lowest BCUT2D eigenvalue weighted by molar-refractivity contribution is -0.125. The summed E-state index contributed by atoms with van der Waals surface area (Å²) in [6.45, 7) is 3.86. The predicted octanol–water partition coefficient (Wildman–Crippen LogP) is 1.14. The number of carbonyl (C=O) groups is 2. The molecule has 0 aliphatic carbocycles. The highest BCUT2D eigenvalue weighted by molar-refractivity contribution is 7.80. The molecule has 1 amide bonds. The van der Waals surface area contributed by atoms with E-state index >= 15 is 0 Å². The van der Waals surface area contributed by atoms with Gasteiger partial charge in [-0.1, -0.05) is 36.4 Å². The maximum atomic E-state index is 12.2. The Balaban J connectivity index is 2.21. The van der Waals surface area contributed by atoms with Crippen LogP contribution in [0.25, 0.3) is 0 Å². The normalized spacial score (nSPS) is 18.7. The minimum Gasteiger partial charge on any atom is -0.344 e. The lowest BCUT2D eigenvalue weighted by Crippen LogP contribution is -2.37. The molecule has 0 spiro atoms. The van der Waals surface area contributed by atoms with Crippen LogP contribution in [0, 0.1) is 0 Å². The molecular weight excluding hydrogens is 248 g/mol. The van der Waals surface area contributed by atoms with E-state index < -0.39 is 6.04 Å². The van der Waals surface area contributed by atoms with Crippen molar-refractivity contribution in [2.75, 3.05) is 6.54 Å². The lowest BCUT2D eigenvalue weighted by Gasteiger charge is -2.11. The van der Waals surface area contributed by atoms with Crippen molar-refractivity contribution in [3.05, 3.63) is 48.6 Å². The highest BCUT2D eigenvalue weighted by Crippen LogP contribution is 2.12. The Kier molecular flexibility index (Phi) is 3.53. The van der Waals surface area contributed by atoms with Gasteiger partial charge in [-0.3, -0.25) is 14.5 Å². The van der Waals surface area contributed by atoms with E-state index in [-0.39, 0.29) is 16.8 Å². The van der Waals surface area contributed by atoms with E-state index in [1.165, 1.54) is 4.90 Å². The van der Waals surface area contributed by atoms with E-state index in [1.54, 1.807) is 30.3 Å². The van der Waals surface area contributed by atoms with Crippen LogP contribution in [-0.2, 0) is 4.79 Å². The molecule has 0 radical (unpaired) electrons. The van der Waals surface area contributed by atoms with Crippen molar-refractivity contribution in [2.24, 2.45) is 0 Å². The molecule has 4 nitrogen and oxygen atoms in total. The van der Waals surface area contributed by atoms with Gasteiger partial charge in [0.15, 0.2) is 16.9 Å². The first-order chi connectivity index (χ1) is 8.65. The first-order valence-electron chi connectivity index (χ1n) is 5.47. The second-order valence-corrected chi connectivity index (χ2v) is 4.24. The SMILES string of the molecule is C=CCN1C(=O)C(C(=O)c2ccccc2)NC1=S. The molecule has 1 atom stereocenters. The van der Waals surface area contributed by atoms with Crippen molar-refractivity contribution >= 4 is 29.0 Å². The third-order valence-corrected chi connectivity index (χ3v) is 3.00. The van der Waals surface area contributed by atoms with Crippen molar-refractivity contribution in [1.29, 1.82) is 0 Å². The van der Waals surface area contributed by atoms with Crippen LogP contribution in [0.3, 0.4) is 0 Å². The molecule has 5 heteroatoms. The third kappa shape index (κ3) is 2.17. The Morgan fingerprint density at radius 2 is 2.11 bits per heavy atom. The Bertz CT molecular complexity index is 513. The number of Topliss-reactive ketones (excluding diaryl/α,β-unsaturated/α-hetero) is 1. The van der Waals surface area contributed by atoms with Gasteiger partial charge >= 0.3 is 0 Å². The molecule has 1 aromatic rings. The van der Waals surface area contributed by atoms with Gasteiger partial charge in [-0.05, 0) is 12.2 Å². The van der Waals surface area contributed by atoms with Crippen LogP contribution in [0.4, 0.5) is 0 Å². The number of nitrogens with one attached hydrogen (secondary N) is 1. The standard InChI is InChI=1S/C13H12N2O2S/c1-2-8-15-12(17)10(14-13(15)18)11(16)9-6-4-3-5-7-9/h2-7,10H,1,8H2,(H,14,18). The largest absolute Gasteiger partial charge is 0.344 e.